The minimum absolute atomic E-state index is 0.0217. The molecule has 150 valence electrons. The van der Waals surface area contributed by atoms with E-state index in [-0.39, 0.29) is 18.0 Å². The van der Waals surface area contributed by atoms with E-state index in [0.717, 1.165) is 12.1 Å². The van der Waals surface area contributed by atoms with Crippen LogP contribution >= 0.6 is 0 Å². The first kappa shape index (κ1) is 20.0. The number of aryl methyl sites for hydroxylation is 1. The average molecular weight is 409 g/mol. The molecule has 1 saturated heterocycles. The summed E-state index contributed by atoms with van der Waals surface area (Å²) in [7, 11) is -3.83. The van der Waals surface area contributed by atoms with Crippen molar-refractivity contribution < 1.29 is 26.8 Å². The summed E-state index contributed by atoms with van der Waals surface area (Å²) in [5, 5.41) is 0. The maximum absolute atomic E-state index is 13.1. The molecule has 2 aromatic rings. The zero-order valence-corrected chi connectivity index (χ0v) is 16.0. The molecule has 1 fully saturated rings. The number of furan rings is 1. The minimum Gasteiger partial charge on any atom is -0.469 e. The number of rotatable bonds is 4. The number of hydrogen-bond donors (Lipinski definition) is 2. The summed E-state index contributed by atoms with van der Waals surface area (Å²) in [6.07, 6.45) is 2.35. The topological polar surface area (TPSA) is 109 Å². The molecule has 0 radical (unpaired) electrons. The van der Waals surface area contributed by atoms with Gasteiger partial charge in [-0.2, -0.15) is 4.31 Å². The van der Waals surface area contributed by atoms with E-state index in [1.807, 2.05) is 0 Å². The number of benzene rings is 1. The standard InChI is InChI=1S/C18H20FN3O5S/c1-12-16(8-10-27-12)18(24)21-20-17(23)13-3-2-9-22(11-13)28(25,26)15-6-4-14(19)5-7-15/h4-8,10,13H,2-3,9,11H2,1H3,(H,20,23)(H,21,24)/t13-/m0/s1. The monoisotopic (exact) mass is 409 g/mol. The van der Waals surface area contributed by atoms with E-state index in [9.17, 15) is 22.4 Å². The van der Waals surface area contributed by atoms with Crippen molar-refractivity contribution in [3.05, 3.63) is 53.7 Å². The molecule has 2 amide bonds. The van der Waals surface area contributed by atoms with Gasteiger partial charge in [0, 0.05) is 13.1 Å². The van der Waals surface area contributed by atoms with Gasteiger partial charge in [0.1, 0.15) is 11.6 Å². The van der Waals surface area contributed by atoms with Gasteiger partial charge in [-0.25, -0.2) is 12.8 Å². The normalized spacial score (nSPS) is 17.9. The fraction of sp³-hybridized carbons (Fsp3) is 0.333. The summed E-state index contributed by atoms with van der Waals surface area (Å²) in [5.41, 5.74) is 4.94. The number of nitrogens with one attached hydrogen (secondary N) is 2. The molecule has 8 nitrogen and oxygen atoms in total. The molecule has 0 bridgehead atoms. The van der Waals surface area contributed by atoms with Crippen LogP contribution in [0.4, 0.5) is 4.39 Å². The van der Waals surface area contributed by atoms with Gasteiger partial charge in [-0.05, 0) is 50.1 Å². The van der Waals surface area contributed by atoms with Crippen LogP contribution in [0.25, 0.3) is 0 Å². The van der Waals surface area contributed by atoms with Crippen LogP contribution in [0.3, 0.4) is 0 Å². The van der Waals surface area contributed by atoms with Gasteiger partial charge in [0.05, 0.1) is 22.6 Å². The molecule has 0 spiro atoms. The molecule has 1 aliphatic rings. The van der Waals surface area contributed by atoms with Crippen molar-refractivity contribution in [2.75, 3.05) is 13.1 Å². The van der Waals surface area contributed by atoms with Crippen LogP contribution in [-0.4, -0.2) is 37.6 Å². The van der Waals surface area contributed by atoms with Gasteiger partial charge in [0.25, 0.3) is 5.91 Å². The van der Waals surface area contributed by atoms with Gasteiger partial charge in [0.2, 0.25) is 15.9 Å². The molecule has 3 rings (SSSR count). The summed E-state index contributed by atoms with van der Waals surface area (Å²) in [6.45, 7) is 1.87. The van der Waals surface area contributed by atoms with Crippen molar-refractivity contribution in [3.8, 4) is 0 Å². The Kier molecular flexibility index (Phi) is 5.80. The molecule has 28 heavy (non-hydrogen) atoms. The lowest BCUT2D eigenvalue weighted by atomic mass is 9.99. The number of amides is 2. The van der Waals surface area contributed by atoms with E-state index in [0.29, 0.717) is 24.2 Å². The van der Waals surface area contributed by atoms with Crippen molar-refractivity contribution in [2.45, 2.75) is 24.7 Å². The Morgan fingerprint density at radius 1 is 1.18 bits per heavy atom. The first-order valence-electron chi connectivity index (χ1n) is 8.69. The summed E-state index contributed by atoms with van der Waals surface area (Å²) in [5.74, 6) is -1.73. The Bertz CT molecular complexity index is 971. The van der Waals surface area contributed by atoms with Crippen LogP contribution < -0.4 is 10.9 Å². The molecule has 0 saturated carbocycles. The molecule has 1 aliphatic heterocycles. The zero-order valence-electron chi connectivity index (χ0n) is 15.1. The molecule has 2 N–H and O–H groups in total. The molecular formula is C18H20FN3O5S. The summed E-state index contributed by atoms with van der Waals surface area (Å²) in [4.78, 5) is 24.4. The number of carbonyl (C=O) groups excluding carboxylic acids is 2. The summed E-state index contributed by atoms with van der Waals surface area (Å²) in [6, 6.07) is 6.03. The number of hydrazine groups is 1. The smallest absolute Gasteiger partial charge is 0.273 e. The predicted molar refractivity (Wildman–Crippen MR) is 96.9 cm³/mol. The van der Waals surface area contributed by atoms with Crippen LogP contribution in [-0.2, 0) is 14.8 Å². The number of carbonyl (C=O) groups is 2. The highest BCUT2D eigenvalue weighted by Gasteiger charge is 2.33. The Labute approximate surface area is 161 Å². The van der Waals surface area contributed by atoms with Crippen LogP contribution in [0.5, 0.6) is 0 Å². The van der Waals surface area contributed by atoms with E-state index >= 15 is 0 Å². The highest BCUT2D eigenvalue weighted by atomic mass is 32.2. The first-order chi connectivity index (χ1) is 13.3. The lowest BCUT2D eigenvalue weighted by Crippen LogP contribution is -2.50. The lowest BCUT2D eigenvalue weighted by Gasteiger charge is -2.31. The number of nitrogens with zero attached hydrogens (tertiary/aromatic N) is 1. The summed E-state index contributed by atoms with van der Waals surface area (Å²) < 4.78 is 44.7. The van der Waals surface area contributed by atoms with Crippen molar-refractivity contribution in [3.63, 3.8) is 0 Å². The quantitative estimate of drug-likeness (QED) is 0.746. The second-order valence-corrected chi connectivity index (χ2v) is 8.43. The Balaban J connectivity index is 1.62. The Hall–Kier alpha value is -2.72. The summed E-state index contributed by atoms with van der Waals surface area (Å²) >= 11 is 0. The number of sulfonamides is 1. The largest absolute Gasteiger partial charge is 0.469 e. The fourth-order valence-corrected chi connectivity index (χ4v) is 4.56. The third-order valence-corrected chi connectivity index (χ3v) is 6.49. The van der Waals surface area contributed by atoms with Crippen LogP contribution in [0, 0.1) is 18.7 Å². The van der Waals surface area contributed by atoms with E-state index in [1.165, 1.54) is 28.8 Å². The maximum Gasteiger partial charge on any atom is 0.273 e. The lowest BCUT2D eigenvalue weighted by molar-refractivity contribution is -0.126. The third kappa shape index (κ3) is 4.23. The van der Waals surface area contributed by atoms with E-state index in [1.54, 1.807) is 6.92 Å². The van der Waals surface area contributed by atoms with Crippen LogP contribution in [0.2, 0.25) is 0 Å². The maximum atomic E-state index is 13.1. The zero-order chi connectivity index (χ0) is 20.3. The second kappa shape index (κ2) is 8.11. The fourth-order valence-electron chi connectivity index (χ4n) is 3.04. The predicted octanol–water partition coefficient (Wildman–Crippen LogP) is 1.59. The molecule has 0 unspecified atom stereocenters. The minimum atomic E-state index is -3.83. The molecule has 1 aromatic carbocycles. The van der Waals surface area contributed by atoms with Crippen molar-refractivity contribution in [2.24, 2.45) is 5.92 Å². The van der Waals surface area contributed by atoms with Gasteiger partial charge in [-0.15, -0.1) is 0 Å². The number of piperidine rings is 1. The van der Waals surface area contributed by atoms with Crippen molar-refractivity contribution in [1.29, 1.82) is 0 Å². The van der Waals surface area contributed by atoms with Gasteiger partial charge in [0.15, 0.2) is 0 Å². The van der Waals surface area contributed by atoms with Gasteiger partial charge >= 0.3 is 0 Å². The Morgan fingerprint density at radius 3 is 2.54 bits per heavy atom. The van der Waals surface area contributed by atoms with E-state index in [4.69, 9.17) is 4.42 Å². The van der Waals surface area contributed by atoms with Crippen molar-refractivity contribution in [1.82, 2.24) is 15.2 Å². The molecule has 10 heteroatoms. The first-order valence-corrected chi connectivity index (χ1v) is 10.1. The number of hydrogen-bond acceptors (Lipinski definition) is 5. The average Bonchev–Trinajstić information content (AvgIpc) is 3.12. The molecule has 0 aliphatic carbocycles. The molecular weight excluding hydrogens is 389 g/mol. The van der Waals surface area contributed by atoms with Gasteiger partial charge in [-0.1, -0.05) is 0 Å². The Morgan fingerprint density at radius 2 is 1.89 bits per heavy atom. The van der Waals surface area contributed by atoms with Crippen molar-refractivity contribution >= 4 is 21.8 Å². The number of halogens is 1. The molecule has 2 heterocycles. The van der Waals surface area contributed by atoms with Crippen LogP contribution in [0.15, 0.2) is 45.9 Å². The molecule has 1 atom stereocenters. The highest BCUT2D eigenvalue weighted by Crippen LogP contribution is 2.24. The highest BCUT2D eigenvalue weighted by molar-refractivity contribution is 7.89. The van der Waals surface area contributed by atoms with Gasteiger partial charge in [-0.3, -0.25) is 20.4 Å². The second-order valence-electron chi connectivity index (χ2n) is 6.49. The van der Waals surface area contributed by atoms with E-state index < -0.39 is 33.6 Å². The van der Waals surface area contributed by atoms with Crippen LogP contribution in [0.1, 0.15) is 29.0 Å². The van der Waals surface area contributed by atoms with Gasteiger partial charge < -0.3 is 4.42 Å². The SMILES string of the molecule is Cc1occc1C(=O)NNC(=O)[C@H]1CCCN(S(=O)(=O)c2ccc(F)cc2)C1. The third-order valence-electron chi connectivity index (χ3n) is 4.61. The van der Waals surface area contributed by atoms with E-state index in [2.05, 4.69) is 10.9 Å². The molecule has 1 aromatic heterocycles.